The SMILES string of the molecule is COc1ccc(N/C=C(/C#N)C(=O)NCc2cccnc2)cc1OC. The molecule has 1 aromatic heterocycles. The molecule has 0 aliphatic heterocycles. The summed E-state index contributed by atoms with van der Waals surface area (Å²) in [5, 5.41) is 14.8. The van der Waals surface area contributed by atoms with Gasteiger partial charge >= 0.3 is 0 Å². The fourth-order valence-corrected chi connectivity index (χ4v) is 2.01. The zero-order valence-electron chi connectivity index (χ0n) is 13.9. The second kappa shape index (κ2) is 8.93. The van der Waals surface area contributed by atoms with E-state index < -0.39 is 5.91 Å². The van der Waals surface area contributed by atoms with Gasteiger partial charge < -0.3 is 20.1 Å². The van der Waals surface area contributed by atoms with Crippen LogP contribution in [-0.4, -0.2) is 25.1 Å². The van der Waals surface area contributed by atoms with Crippen molar-refractivity contribution in [3.05, 3.63) is 60.1 Å². The molecule has 1 heterocycles. The highest BCUT2D eigenvalue weighted by atomic mass is 16.5. The minimum absolute atomic E-state index is 0.0429. The van der Waals surface area contributed by atoms with Gasteiger partial charge in [0.25, 0.3) is 5.91 Å². The summed E-state index contributed by atoms with van der Waals surface area (Å²) in [7, 11) is 3.08. The summed E-state index contributed by atoms with van der Waals surface area (Å²) in [5.74, 6) is 0.659. The van der Waals surface area contributed by atoms with E-state index in [1.807, 2.05) is 12.1 Å². The Bertz CT molecular complexity index is 798. The van der Waals surface area contributed by atoms with Crippen LogP contribution in [0.3, 0.4) is 0 Å². The third kappa shape index (κ3) is 4.97. The summed E-state index contributed by atoms with van der Waals surface area (Å²) in [5.41, 5.74) is 1.46. The van der Waals surface area contributed by atoms with Crippen LogP contribution in [0.4, 0.5) is 5.69 Å². The van der Waals surface area contributed by atoms with Crippen LogP contribution in [0.25, 0.3) is 0 Å². The molecule has 7 nitrogen and oxygen atoms in total. The maximum atomic E-state index is 12.1. The standard InChI is InChI=1S/C18H18N4O3/c1-24-16-6-5-15(8-17(16)25-2)21-12-14(9-19)18(23)22-11-13-4-3-7-20-10-13/h3-8,10,12,21H,11H2,1-2H3,(H,22,23)/b14-12-. The Morgan fingerprint density at radius 1 is 1.28 bits per heavy atom. The predicted molar refractivity (Wildman–Crippen MR) is 92.9 cm³/mol. The Morgan fingerprint density at radius 3 is 2.72 bits per heavy atom. The monoisotopic (exact) mass is 338 g/mol. The molecule has 0 saturated carbocycles. The van der Waals surface area contributed by atoms with Crippen molar-refractivity contribution in [2.75, 3.05) is 19.5 Å². The fourth-order valence-electron chi connectivity index (χ4n) is 2.01. The third-order valence-electron chi connectivity index (χ3n) is 3.31. The number of amides is 1. The number of nitrogens with zero attached hydrogens (tertiary/aromatic N) is 2. The van der Waals surface area contributed by atoms with Gasteiger partial charge in [0, 0.05) is 36.9 Å². The van der Waals surface area contributed by atoms with Gasteiger partial charge in [-0.05, 0) is 23.8 Å². The summed E-state index contributed by atoms with van der Waals surface area (Å²) in [6.07, 6.45) is 4.65. The van der Waals surface area contributed by atoms with Gasteiger partial charge in [-0.2, -0.15) is 5.26 Å². The molecule has 0 aliphatic carbocycles. The summed E-state index contributed by atoms with van der Waals surface area (Å²) in [6, 6.07) is 10.7. The van der Waals surface area contributed by atoms with E-state index >= 15 is 0 Å². The molecular formula is C18H18N4O3. The molecule has 1 amide bonds. The average Bonchev–Trinajstić information content (AvgIpc) is 2.67. The molecular weight excluding hydrogens is 320 g/mol. The average molecular weight is 338 g/mol. The zero-order chi connectivity index (χ0) is 18.1. The van der Waals surface area contributed by atoms with Gasteiger partial charge in [0.1, 0.15) is 11.6 Å². The minimum Gasteiger partial charge on any atom is -0.493 e. The zero-order valence-corrected chi connectivity index (χ0v) is 13.9. The third-order valence-corrected chi connectivity index (χ3v) is 3.31. The van der Waals surface area contributed by atoms with Crippen molar-refractivity contribution in [2.24, 2.45) is 0 Å². The summed E-state index contributed by atoms with van der Waals surface area (Å²) in [6.45, 7) is 0.294. The number of nitriles is 1. The molecule has 0 radical (unpaired) electrons. The highest BCUT2D eigenvalue weighted by Crippen LogP contribution is 2.29. The lowest BCUT2D eigenvalue weighted by atomic mass is 10.2. The quantitative estimate of drug-likeness (QED) is 0.594. The van der Waals surface area contributed by atoms with Gasteiger partial charge in [-0.3, -0.25) is 9.78 Å². The predicted octanol–water partition coefficient (Wildman–Crippen LogP) is 2.23. The van der Waals surface area contributed by atoms with E-state index in [2.05, 4.69) is 15.6 Å². The van der Waals surface area contributed by atoms with E-state index in [9.17, 15) is 10.1 Å². The molecule has 7 heteroatoms. The number of pyridine rings is 1. The van der Waals surface area contributed by atoms with Crippen LogP contribution in [0.5, 0.6) is 11.5 Å². The van der Waals surface area contributed by atoms with Gasteiger partial charge in [0.2, 0.25) is 0 Å². The lowest BCUT2D eigenvalue weighted by molar-refractivity contribution is -0.117. The highest BCUT2D eigenvalue weighted by molar-refractivity contribution is 5.97. The number of carbonyl (C=O) groups excluding carboxylic acids is 1. The molecule has 128 valence electrons. The van der Waals surface area contributed by atoms with E-state index in [0.29, 0.717) is 23.7 Å². The van der Waals surface area contributed by atoms with Crippen molar-refractivity contribution in [1.82, 2.24) is 10.3 Å². The summed E-state index contributed by atoms with van der Waals surface area (Å²) < 4.78 is 10.4. The first kappa shape index (κ1) is 17.8. The number of hydrogen-bond donors (Lipinski definition) is 2. The molecule has 0 atom stereocenters. The molecule has 0 bridgehead atoms. The van der Waals surface area contributed by atoms with E-state index in [1.165, 1.54) is 13.3 Å². The maximum absolute atomic E-state index is 12.1. The molecule has 1 aromatic carbocycles. The first-order valence-corrected chi connectivity index (χ1v) is 7.44. The van der Waals surface area contributed by atoms with Gasteiger partial charge in [-0.25, -0.2) is 0 Å². The van der Waals surface area contributed by atoms with Gasteiger partial charge in [0.15, 0.2) is 11.5 Å². The number of benzene rings is 1. The Morgan fingerprint density at radius 2 is 2.08 bits per heavy atom. The fraction of sp³-hybridized carbons (Fsp3) is 0.167. The van der Waals surface area contributed by atoms with Crippen LogP contribution in [0.1, 0.15) is 5.56 Å². The Balaban J connectivity index is 2.02. The largest absolute Gasteiger partial charge is 0.493 e. The number of nitrogens with one attached hydrogen (secondary N) is 2. The smallest absolute Gasteiger partial charge is 0.263 e. The number of aromatic nitrogens is 1. The summed E-state index contributed by atoms with van der Waals surface area (Å²) >= 11 is 0. The first-order chi connectivity index (χ1) is 12.2. The van der Waals surface area contributed by atoms with Crippen molar-refractivity contribution in [2.45, 2.75) is 6.54 Å². The highest BCUT2D eigenvalue weighted by Gasteiger charge is 2.09. The normalized spacial score (nSPS) is 10.5. The van der Waals surface area contributed by atoms with Crippen LogP contribution in [0.2, 0.25) is 0 Å². The van der Waals surface area contributed by atoms with Crippen LogP contribution < -0.4 is 20.1 Å². The molecule has 0 unspecified atom stereocenters. The minimum atomic E-state index is -0.473. The first-order valence-electron chi connectivity index (χ1n) is 7.44. The molecule has 0 fully saturated rings. The number of methoxy groups -OCH3 is 2. The van der Waals surface area contributed by atoms with E-state index in [-0.39, 0.29) is 5.57 Å². The van der Waals surface area contributed by atoms with Crippen molar-refractivity contribution in [3.63, 3.8) is 0 Å². The molecule has 2 aromatic rings. The molecule has 0 saturated heterocycles. The Kier molecular flexibility index (Phi) is 6.37. The van der Waals surface area contributed by atoms with E-state index in [1.54, 1.807) is 43.8 Å². The van der Waals surface area contributed by atoms with Crippen molar-refractivity contribution in [3.8, 4) is 17.6 Å². The Hall–Kier alpha value is -3.53. The van der Waals surface area contributed by atoms with Crippen LogP contribution in [0, 0.1) is 11.3 Å². The molecule has 25 heavy (non-hydrogen) atoms. The lowest BCUT2D eigenvalue weighted by Crippen LogP contribution is -2.24. The van der Waals surface area contributed by atoms with Gasteiger partial charge in [0.05, 0.1) is 14.2 Å². The van der Waals surface area contributed by atoms with E-state index in [4.69, 9.17) is 9.47 Å². The molecule has 2 rings (SSSR count). The van der Waals surface area contributed by atoms with E-state index in [0.717, 1.165) is 5.56 Å². The topological polar surface area (TPSA) is 96.3 Å². The second-order valence-corrected chi connectivity index (χ2v) is 4.93. The summed E-state index contributed by atoms with van der Waals surface area (Å²) in [4.78, 5) is 16.1. The molecule has 0 aliphatic rings. The van der Waals surface area contributed by atoms with Crippen molar-refractivity contribution < 1.29 is 14.3 Å². The van der Waals surface area contributed by atoms with Crippen LogP contribution >= 0.6 is 0 Å². The molecule has 2 N–H and O–H groups in total. The van der Waals surface area contributed by atoms with Crippen LogP contribution in [0.15, 0.2) is 54.5 Å². The number of hydrogen-bond acceptors (Lipinski definition) is 6. The maximum Gasteiger partial charge on any atom is 0.263 e. The number of carbonyl (C=O) groups is 1. The number of ether oxygens (including phenoxy) is 2. The van der Waals surface area contributed by atoms with Crippen LogP contribution in [-0.2, 0) is 11.3 Å². The number of anilines is 1. The van der Waals surface area contributed by atoms with Crippen molar-refractivity contribution in [1.29, 1.82) is 5.26 Å². The second-order valence-electron chi connectivity index (χ2n) is 4.93. The molecule has 0 spiro atoms. The van der Waals surface area contributed by atoms with Crippen molar-refractivity contribution >= 4 is 11.6 Å². The Labute approximate surface area is 145 Å². The lowest BCUT2D eigenvalue weighted by Gasteiger charge is -2.09. The van der Waals surface area contributed by atoms with Gasteiger partial charge in [-0.1, -0.05) is 6.07 Å². The number of rotatable bonds is 7. The van der Waals surface area contributed by atoms with Gasteiger partial charge in [-0.15, -0.1) is 0 Å².